The van der Waals surface area contributed by atoms with Gasteiger partial charge >= 0.3 is 0 Å². The number of anilines is 1. The Kier molecular flexibility index (Phi) is 3.28. The summed E-state index contributed by atoms with van der Waals surface area (Å²) in [5.41, 5.74) is 1.46. The highest BCUT2D eigenvalue weighted by Gasteiger charge is 2.26. The molecule has 1 aliphatic rings. The van der Waals surface area contributed by atoms with Crippen LogP contribution in [0.4, 0.5) is 5.88 Å². The number of hydrogen-bond donors (Lipinski definition) is 0. The predicted octanol–water partition coefficient (Wildman–Crippen LogP) is 3.54. The van der Waals surface area contributed by atoms with Gasteiger partial charge in [-0.05, 0) is 25.0 Å². The monoisotopic (exact) mass is 310 g/mol. The number of benzene rings is 1. The Balaban J connectivity index is 1.51. The Hall–Kier alpha value is -2.39. The molecule has 5 nitrogen and oxygen atoms in total. The van der Waals surface area contributed by atoms with Gasteiger partial charge in [-0.3, -0.25) is 0 Å². The molecule has 3 heterocycles. The van der Waals surface area contributed by atoms with Crippen molar-refractivity contribution in [2.24, 2.45) is 0 Å². The van der Waals surface area contributed by atoms with E-state index in [0.29, 0.717) is 17.5 Å². The first kappa shape index (κ1) is 13.3. The molecule has 3 aromatic rings. The van der Waals surface area contributed by atoms with Crippen molar-refractivity contribution in [1.82, 2.24) is 9.97 Å². The van der Waals surface area contributed by atoms with Crippen LogP contribution < -0.4 is 4.90 Å². The second-order valence-corrected chi connectivity index (χ2v) is 6.46. The Morgan fingerprint density at radius 1 is 1.27 bits per heavy atom. The van der Waals surface area contributed by atoms with Crippen LogP contribution in [0.3, 0.4) is 0 Å². The van der Waals surface area contributed by atoms with Crippen LogP contribution >= 0.6 is 11.3 Å². The number of aromatic nitrogens is 2. The third-order valence-corrected chi connectivity index (χ3v) is 5.30. The van der Waals surface area contributed by atoms with Gasteiger partial charge < -0.3 is 9.32 Å². The van der Waals surface area contributed by atoms with Crippen molar-refractivity contribution in [3.05, 3.63) is 41.4 Å². The fourth-order valence-corrected chi connectivity index (χ4v) is 4.07. The summed E-state index contributed by atoms with van der Waals surface area (Å²) in [4.78, 5) is 10.8. The number of rotatable bonds is 2. The van der Waals surface area contributed by atoms with Gasteiger partial charge in [0.05, 0.1) is 15.2 Å². The maximum absolute atomic E-state index is 9.04. The standard InChI is InChI=1S/C16H14N4OS/c17-9-13-16(21-10-18-13)20-7-5-11(6-8-20)15-19-12-3-1-2-4-14(12)22-15/h1-4,10-11H,5-8H2. The van der Waals surface area contributed by atoms with Crippen LogP contribution in [0.5, 0.6) is 0 Å². The lowest BCUT2D eigenvalue weighted by Gasteiger charge is -2.30. The number of hydrogen-bond acceptors (Lipinski definition) is 6. The highest BCUT2D eigenvalue weighted by Crippen LogP contribution is 2.35. The Morgan fingerprint density at radius 3 is 2.86 bits per heavy atom. The predicted molar refractivity (Wildman–Crippen MR) is 85.0 cm³/mol. The van der Waals surface area contributed by atoms with E-state index in [9.17, 15) is 0 Å². The number of piperidine rings is 1. The number of para-hydroxylation sites is 1. The number of fused-ring (bicyclic) bond motifs is 1. The summed E-state index contributed by atoms with van der Waals surface area (Å²) in [5.74, 6) is 1.09. The van der Waals surface area contributed by atoms with Crippen LogP contribution in [0.1, 0.15) is 29.5 Å². The van der Waals surface area contributed by atoms with E-state index >= 15 is 0 Å². The summed E-state index contributed by atoms with van der Waals surface area (Å²) in [7, 11) is 0. The van der Waals surface area contributed by atoms with Crippen LogP contribution in [0.15, 0.2) is 35.1 Å². The van der Waals surface area contributed by atoms with Gasteiger partial charge in [-0.25, -0.2) is 9.97 Å². The third-order valence-electron chi connectivity index (χ3n) is 4.10. The van der Waals surface area contributed by atoms with Gasteiger partial charge in [0.1, 0.15) is 6.07 Å². The van der Waals surface area contributed by atoms with Crippen LogP contribution in [-0.2, 0) is 0 Å². The second-order valence-electron chi connectivity index (χ2n) is 5.40. The molecule has 0 aliphatic carbocycles. The summed E-state index contributed by atoms with van der Waals surface area (Å²) in [6.45, 7) is 1.73. The number of thiazole rings is 1. The molecule has 0 saturated carbocycles. The molecule has 1 fully saturated rings. The van der Waals surface area contributed by atoms with E-state index in [1.165, 1.54) is 16.1 Å². The van der Waals surface area contributed by atoms with Crippen LogP contribution in [-0.4, -0.2) is 23.1 Å². The number of nitriles is 1. The number of nitrogens with zero attached hydrogens (tertiary/aromatic N) is 4. The summed E-state index contributed by atoms with van der Waals surface area (Å²) in [5, 5.41) is 10.3. The zero-order chi connectivity index (χ0) is 14.9. The lowest BCUT2D eigenvalue weighted by molar-refractivity contribution is 0.462. The molecule has 22 heavy (non-hydrogen) atoms. The van der Waals surface area contributed by atoms with Gasteiger partial charge in [-0.1, -0.05) is 12.1 Å². The molecule has 0 atom stereocenters. The average Bonchev–Trinajstić information content (AvgIpc) is 3.21. The van der Waals surface area contributed by atoms with Gasteiger partial charge in [-0.15, -0.1) is 11.3 Å². The van der Waals surface area contributed by atoms with E-state index in [4.69, 9.17) is 14.7 Å². The summed E-state index contributed by atoms with van der Waals surface area (Å²) >= 11 is 1.79. The SMILES string of the molecule is N#Cc1ncoc1N1CCC(c2nc3ccccc3s2)CC1. The molecular formula is C16H14N4OS. The first-order valence-corrected chi connectivity index (χ1v) is 8.11. The Bertz CT molecular complexity index is 806. The molecule has 2 aromatic heterocycles. The molecule has 1 aromatic carbocycles. The normalized spacial score (nSPS) is 16.0. The highest BCUT2D eigenvalue weighted by molar-refractivity contribution is 7.18. The van der Waals surface area contributed by atoms with Crippen molar-refractivity contribution in [1.29, 1.82) is 5.26 Å². The zero-order valence-electron chi connectivity index (χ0n) is 11.9. The summed E-state index contributed by atoms with van der Waals surface area (Å²) in [6, 6.07) is 10.4. The quantitative estimate of drug-likeness (QED) is 0.724. The van der Waals surface area contributed by atoms with E-state index in [1.807, 2.05) is 6.07 Å². The third kappa shape index (κ3) is 2.24. The van der Waals surface area contributed by atoms with Crippen molar-refractivity contribution in [3.8, 4) is 6.07 Å². The van der Waals surface area contributed by atoms with E-state index in [2.05, 4.69) is 34.2 Å². The zero-order valence-corrected chi connectivity index (χ0v) is 12.7. The maximum Gasteiger partial charge on any atom is 0.234 e. The van der Waals surface area contributed by atoms with E-state index < -0.39 is 0 Å². The van der Waals surface area contributed by atoms with Gasteiger partial charge in [0.2, 0.25) is 11.6 Å². The van der Waals surface area contributed by atoms with Crippen LogP contribution in [0.2, 0.25) is 0 Å². The van der Waals surface area contributed by atoms with Crippen LogP contribution in [0.25, 0.3) is 10.2 Å². The molecule has 0 bridgehead atoms. The molecule has 110 valence electrons. The minimum atomic E-state index is 0.374. The lowest BCUT2D eigenvalue weighted by atomic mass is 9.97. The molecule has 4 rings (SSSR count). The lowest BCUT2D eigenvalue weighted by Crippen LogP contribution is -2.33. The van der Waals surface area contributed by atoms with Crippen LogP contribution in [0, 0.1) is 11.3 Å². The van der Waals surface area contributed by atoms with Crippen molar-refractivity contribution in [2.75, 3.05) is 18.0 Å². The fraction of sp³-hybridized carbons (Fsp3) is 0.312. The first-order chi connectivity index (χ1) is 10.8. The topological polar surface area (TPSA) is 66.0 Å². The highest BCUT2D eigenvalue weighted by atomic mass is 32.1. The largest absolute Gasteiger partial charge is 0.426 e. The van der Waals surface area contributed by atoms with Crippen molar-refractivity contribution < 1.29 is 4.42 Å². The molecule has 0 spiro atoms. The summed E-state index contributed by atoms with van der Waals surface area (Å²) < 4.78 is 6.62. The van der Waals surface area contributed by atoms with Crippen molar-refractivity contribution >= 4 is 27.4 Å². The maximum atomic E-state index is 9.04. The molecule has 1 aliphatic heterocycles. The number of oxazole rings is 1. The smallest absolute Gasteiger partial charge is 0.234 e. The molecule has 0 unspecified atom stereocenters. The van der Waals surface area contributed by atoms with Gasteiger partial charge in [0.15, 0.2) is 6.39 Å². The molecular weight excluding hydrogens is 296 g/mol. The second kappa shape index (κ2) is 5.43. The molecule has 0 amide bonds. The first-order valence-electron chi connectivity index (χ1n) is 7.29. The Morgan fingerprint density at radius 2 is 2.09 bits per heavy atom. The average molecular weight is 310 g/mol. The molecule has 1 saturated heterocycles. The van der Waals surface area contributed by atoms with E-state index in [1.54, 1.807) is 11.3 Å². The van der Waals surface area contributed by atoms with Crippen molar-refractivity contribution in [2.45, 2.75) is 18.8 Å². The molecule has 6 heteroatoms. The van der Waals surface area contributed by atoms with Gasteiger partial charge in [-0.2, -0.15) is 5.26 Å². The van der Waals surface area contributed by atoms with Gasteiger partial charge in [0.25, 0.3) is 0 Å². The molecule has 0 radical (unpaired) electrons. The van der Waals surface area contributed by atoms with E-state index in [0.717, 1.165) is 31.4 Å². The minimum Gasteiger partial charge on any atom is -0.426 e. The molecule has 0 N–H and O–H groups in total. The van der Waals surface area contributed by atoms with Crippen molar-refractivity contribution in [3.63, 3.8) is 0 Å². The summed E-state index contributed by atoms with van der Waals surface area (Å²) in [6.07, 6.45) is 3.38. The fourth-order valence-electron chi connectivity index (χ4n) is 2.94. The van der Waals surface area contributed by atoms with Gasteiger partial charge in [0, 0.05) is 19.0 Å². The van der Waals surface area contributed by atoms with E-state index in [-0.39, 0.29) is 0 Å². The minimum absolute atomic E-state index is 0.374. The Labute approximate surface area is 131 Å².